The molecule has 2 fully saturated rings. The van der Waals surface area contributed by atoms with Crippen LogP contribution in [-0.4, -0.2) is 41.8 Å². The summed E-state index contributed by atoms with van der Waals surface area (Å²) in [5, 5.41) is 12.8. The van der Waals surface area contributed by atoms with Crippen LogP contribution in [0.5, 0.6) is 5.75 Å². The number of carbonyl (C=O) groups is 1. The lowest BCUT2D eigenvalue weighted by Crippen LogP contribution is -2.47. The number of likely N-dealkylation sites (tertiary alicyclic amines) is 1. The van der Waals surface area contributed by atoms with Gasteiger partial charge in [0, 0.05) is 31.1 Å². The molecule has 0 radical (unpaired) electrons. The van der Waals surface area contributed by atoms with Crippen molar-refractivity contribution in [2.45, 2.75) is 45.3 Å². The lowest BCUT2D eigenvalue weighted by Gasteiger charge is -2.34. The summed E-state index contributed by atoms with van der Waals surface area (Å²) in [5.41, 5.74) is 1.01. The number of nitrogens with one attached hydrogen (secondary N) is 1. The standard InChI is InChI=1S/C19H28N2O3/c1-14(22)17-6-4-10-21(12-17)19(23)20-11-16-5-2-3-7-18(16)24-13-15-8-9-15/h2-3,5,7,14-15,17,22H,4,6,8-13H2,1H3,(H,20,23). The van der Waals surface area contributed by atoms with E-state index in [1.54, 1.807) is 6.92 Å². The van der Waals surface area contributed by atoms with Crippen LogP contribution in [-0.2, 0) is 6.54 Å². The van der Waals surface area contributed by atoms with Gasteiger partial charge in [0.25, 0.3) is 0 Å². The van der Waals surface area contributed by atoms with Crippen LogP contribution in [0.2, 0.25) is 0 Å². The van der Waals surface area contributed by atoms with Gasteiger partial charge in [0.05, 0.1) is 12.7 Å². The zero-order chi connectivity index (χ0) is 16.9. The van der Waals surface area contributed by atoms with Crippen LogP contribution in [0, 0.1) is 11.8 Å². The molecule has 0 aromatic heterocycles. The fourth-order valence-corrected chi connectivity index (χ4v) is 3.15. The second kappa shape index (κ2) is 7.88. The van der Waals surface area contributed by atoms with Crippen molar-refractivity contribution in [3.05, 3.63) is 29.8 Å². The number of hydrogen-bond donors (Lipinski definition) is 2. The predicted molar refractivity (Wildman–Crippen MR) is 92.9 cm³/mol. The van der Waals surface area contributed by atoms with E-state index in [4.69, 9.17) is 4.74 Å². The van der Waals surface area contributed by atoms with E-state index in [9.17, 15) is 9.90 Å². The highest BCUT2D eigenvalue weighted by Gasteiger charge is 2.26. The van der Waals surface area contributed by atoms with Crippen LogP contribution in [0.1, 0.15) is 38.2 Å². The van der Waals surface area contributed by atoms with Gasteiger partial charge in [-0.05, 0) is 44.6 Å². The van der Waals surface area contributed by atoms with Crippen molar-refractivity contribution < 1.29 is 14.6 Å². The van der Waals surface area contributed by atoms with E-state index in [2.05, 4.69) is 5.32 Å². The molecule has 2 amide bonds. The molecule has 1 heterocycles. The SMILES string of the molecule is CC(O)C1CCCN(C(=O)NCc2ccccc2OCC2CC2)C1. The number of ether oxygens (including phenoxy) is 1. The second-order valence-electron chi connectivity index (χ2n) is 7.11. The molecule has 1 saturated carbocycles. The first-order valence-corrected chi connectivity index (χ1v) is 9.05. The normalized spacial score (nSPS) is 22.1. The number of nitrogens with zero attached hydrogens (tertiary/aromatic N) is 1. The van der Waals surface area contributed by atoms with Crippen LogP contribution in [0.3, 0.4) is 0 Å². The van der Waals surface area contributed by atoms with Gasteiger partial charge in [-0.3, -0.25) is 0 Å². The van der Waals surface area contributed by atoms with Gasteiger partial charge in [-0.1, -0.05) is 18.2 Å². The first-order chi connectivity index (χ1) is 11.6. The number of urea groups is 1. The van der Waals surface area contributed by atoms with E-state index >= 15 is 0 Å². The Morgan fingerprint density at radius 2 is 2.17 bits per heavy atom. The Kier molecular flexibility index (Phi) is 5.61. The van der Waals surface area contributed by atoms with E-state index in [1.165, 1.54) is 12.8 Å². The van der Waals surface area contributed by atoms with E-state index in [1.807, 2.05) is 29.2 Å². The molecule has 1 aromatic rings. The Labute approximate surface area is 144 Å². The molecule has 3 rings (SSSR count). The van der Waals surface area contributed by atoms with Crippen molar-refractivity contribution in [3.8, 4) is 5.75 Å². The van der Waals surface area contributed by atoms with Crippen molar-refractivity contribution in [2.24, 2.45) is 11.8 Å². The maximum Gasteiger partial charge on any atom is 0.317 e. The average molecular weight is 332 g/mol. The average Bonchev–Trinajstić information content (AvgIpc) is 3.43. The van der Waals surface area contributed by atoms with Crippen molar-refractivity contribution in [1.29, 1.82) is 0 Å². The maximum atomic E-state index is 12.4. The molecule has 5 nitrogen and oxygen atoms in total. The van der Waals surface area contributed by atoms with Gasteiger partial charge in [-0.25, -0.2) is 4.79 Å². The molecule has 2 atom stereocenters. The fourth-order valence-electron chi connectivity index (χ4n) is 3.15. The van der Waals surface area contributed by atoms with Gasteiger partial charge < -0.3 is 20.1 Å². The largest absolute Gasteiger partial charge is 0.493 e. The van der Waals surface area contributed by atoms with Crippen LogP contribution in [0.4, 0.5) is 4.79 Å². The van der Waals surface area contributed by atoms with Crippen LogP contribution in [0.25, 0.3) is 0 Å². The summed E-state index contributed by atoms with van der Waals surface area (Å²) >= 11 is 0. The van der Waals surface area contributed by atoms with Gasteiger partial charge >= 0.3 is 6.03 Å². The molecule has 1 aromatic carbocycles. The Hall–Kier alpha value is -1.75. The highest BCUT2D eigenvalue weighted by atomic mass is 16.5. The molecule has 5 heteroatoms. The molecular formula is C19H28N2O3. The van der Waals surface area contributed by atoms with E-state index in [0.717, 1.165) is 37.3 Å². The Balaban J connectivity index is 1.52. The molecule has 2 aliphatic rings. The van der Waals surface area contributed by atoms with Gasteiger partial charge in [0.2, 0.25) is 0 Å². The Bertz CT molecular complexity index is 557. The van der Waals surface area contributed by atoms with Gasteiger partial charge in [-0.2, -0.15) is 0 Å². The number of amides is 2. The van der Waals surface area contributed by atoms with Crippen molar-refractivity contribution >= 4 is 6.03 Å². The molecule has 1 aliphatic carbocycles. The summed E-state index contributed by atoms with van der Waals surface area (Å²) < 4.78 is 5.89. The zero-order valence-corrected chi connectivity index (χ0v) is 14.4. The summed E-state index contributed by atoms with van der Waals surface area (Å²) in [6.07, 6.45) is 4.09. The Morgan fingerprint density at radius 1 is 1.38 bits per heavy atom. The molecule has 2 N–H and O–H groups in total. The number of benzene rings is 1. The highest BCUT2D eigenvalue weighted by molar-refractivity contribution is 5.74. The summed E-state index contributed by atoms with van der Waals surface area (Å²) in [6.45, 7) is 4.43. The zero-order valence-electron chi connectivity index (χ0n) is 14.4. The molecule has 1 saturated heterocycles. The minimum Gasteiger partial charge on any atom is -0.493 e. The van der Waals surface area contributed by atoms with Crippen LogP contribution < -0.4 is 10.1 Å². The summed E-state index contributed by atoms with van der Waals surface area (Å²) in [5.74, 6) is 1.75. The smallest absolute Gasteiger partial charge is 0.317 e. The van der Waals surface area contributed by atoms with Gasteiger partial charge in [0.1, 0.15) is 5.75 Å². The number of para-hydroxylation sites is 1. The van der Waals surface area contributed by atoms with E-state index < -0.39 is 0 Å². The second-order valence-corrected chi connectivity index (χ2v) is 7.11. The molecule has 1 aliphatic heterocycles. The number of piperidine rings is 1. The molecule has 0 bridgehead atoms. The third-order valence-corrected chi connectivity index (χ3v) is 5.00. The molecular weight excluding hydrogens is 304 g/mol. The van der Waals surface area contributed by atoms with E-state index in [0.29, 0.717) is 19.0 Å². The third-order valence-electron chi connectivity index (χ3n) is 5.00. The molecule has 0 spiro atoms. The molecule has 2 unspecified atom stereocenters. The van der Waals surface area contributed by atoms with Gasteiger partial charge in [0.15, 0.2) is 0 Å². The predicted octanol–water partition coefficient (Wildman–Crippen LogP) is 2.78. The third kappa shape index (κ3) is 4.63. The van der Waals surface area contributed by atoms with Crippen molar-refractivity contribution in [3.63, 3.8) is 0 Å². The minimum absolute atomic E-state index is 0.0580. The summed E-state index contributed by atoms with van der Waals surface area (Å²) in [4.78, 5) is 14.2. The molecule has 132 valence electrons. The lowest BCUT2D eigenvalue weighted by molar-refractivity contribution is 0.0738. The van der Waals surface area contributed by atoms with Crippen LogP contribution in [0.15, 0.2) is 24.3 Å². The fraction of sp³-hybridized carbons (Fsp3) is 0.632. The van der Waals surface area contributed by atoms with E-state index in [-0.39, 0.29) is 18.1 Å². The van der Waals surface area contributed by atoms with Crippen LogP contribution >= 0.6 is 0 Å². The number of carbonyl (C=O) groups excluding carboxylic acids is 1. The quantitative estimate of drug-likeness (QED) is 0.842. The summed E-state index contributed by atoms with van der Waals surface area (Å²) in [7, 11) is 0. The molecule has 24 heavy (non-hydrogen) atoms. The van der Waals surface area contributed by atoms with Gasteiger partial charge in [-0.15, -0.1) is 0 Å². The summed E-state index contributed by atoms with van der Waals surface area (Å²) in [6, 6.07) is 7.84. The lowest BCUT2D eigenvalue weighted by atomic mass is 9.94. The highest BCUT2D eigenvalue weighted by Crippen LogP contribution is 2.30. The Morgan fingerprint density at radius 3 is 2.92 bits per heavy atom. The number of hydrogen-bond acceptors (Lipinski definition) is 3. The topological polar surface area (TPSA) is 61.8 Å². The number of aliphatic hydroxyl groups excluding tert-OH is 1. The number of aliphatic hydroxyl groups is 1. The maximum absolute atomic E-state index is 12.4. The first-order valence-electron chi connectivity index (χ1n) is 9.05. The van der Waals surface area contributed by atoms with Crippen molar-refractivity contribution in [1.82, 2.24) is 10.2 Å². The number of rotatable bonds is 6. The monoisotopic (exact) mass is 332 g/mol. The van der Waals surface area contributed by atoms with Crippen molar-refractivity contribution in [2.75, 3.05) is 19.7 Å². The minimum atomic E-state index is -0.364. The first kappa shape index (κ1) is 17.1.